The summed E-state index contributed by atoms with van der Waals surface area (Å²) in [5, 5.41) is 8.40. The van der Waals surface area contributed by atoms with Gasteiger partial charge >= 0.3 is 0 Å². The summed E-state index contributed by atoms with van der Waals surface area (Å²) in [6.45, 7) is 2.09. The van der Waals surface area contributed by atoms with Crippen LogP contribution in [0.25, 0.3) is 0 Å². The van der Waals surface area contributed by atoms with Gasteiger partial charge in [0.1, 0.15) is 5.49 Å². The molecule has 0 amide bonds. The van der Waals surface area contributed by atoms with Crippen molar-refractivity contribution in [3.05, 3.63) is 64.2 Å². The second-order valence-corrected chi connectivity index (χ2v) is 4.58. The number of Topliss-reactive ketones (excluding diaryl/α,β-unsaturated/α-hetero) is 1. The van der Waals surface area contributed by atoms with Gasteiger partial charge in [-0.3, -0.25) is 10.2 Å². The Morgan fingerprint density at radius 1 is 1.28 bits per heavy atom. The Labute approximate surface area is 110 Å². The van der Waals surface area contributed by atoms with E-state index in [0.29, 0.717) is 16.1 Å². The third-order valence-electron chi connectivity index (χ3n) is 2.67. The number of benzene rings is 1. The number of halogens is 1. The number of carbonyl (C=O) groups excluding carboxylic acids is 1. The van der Waals surface area contributed by atoms with Gasteiger partial charge in [-0.15, -0.1) is 0 Å². The number of aryl methyl sites for hydroxylation is 1. The molecular formula is C14H13ClN2O. The van der Waals surface area contributed by atoms with Crippen LogP contribution >= 0.6 is 11.6 Å². The quantitative estimate of drug-likeness (QED) is 0.848. The Hall–Kier alpha value is -1.87. The van der Waals surface area contributed by atoms with Gasteiger partial charge in [0.05, 0.1) is 6.54 Å². The molecule has 3 nitrogen and oxygen atoms in total. The van der Waals surface area contributed by atoms with Crippen LogP contribution in [-0.4, -0.2) is 10.4 Å². The van der Waals surface area contributed by atoms with Crippen LogP contribution in [0.2, 0.25) is 5.02 Å². The van der Waals surface area contributed by atoms with Crippen LogP contribution < -0.4 is 5.49 Å². The topological polar surface area (TPSA) is 45.9 Å². The molecule has 0 atom stereocenters. The molecule has 1 aromatic heterocycles. The molecule has 1 N–H and O–H groups in total. The Bertz CT molecular complexity index is 629. The number of nitrogens with zero attached hydrogens (tertiary/aromatic N) is 1. The molecule has 1 aromatic carbocycles. The van der Waals surface area contributed by atoms with Crippen molar-refractivity contribution in [2.45, 2.75) is 13.5 Å². The molecule has 1 heterocycles. The maximum atomic E-state index is 12.0. The zero-order chi connectivity index (χ0) is 13.1. The van der Waals surface area contributed by atoms with Crippen molar-refractivity contribution < 1.29 is 4.79 Å². The first-order chi connectivity index (χ1) is 8.56. The molecule has 0 saturated heterocycles. The van der Waals surface area contributed by atoms with Crippen molar-refractivity contribution in [1.29, 1.82) is 5.41 Å². The summed E-state index contributed by atoms with van der Waals surface area (Å²) in [5.41, 5.74) is 1.94. The van der Waals surface area contributed by atoms with Gasteiger partial charge in [0, 0.05) is 16.8 Å². The lowest BCUT2D eigenvalue weighted by molar-refractivity contribution is 0.0970. The van der Waals surface area contributed by atoms with E-state index in [1.165, 1.54) is 0 Å². The van der Waals surface area contributed by atoms with Crippen LogP contribution in [0.15, 0.2) is 42.6 Å². The molecule has 0 bridgehead atoms. The first-order valence-corrected chi connectivity index (χ1v) is 5.94. The smallest absolute Gasteiger partial charge is 0.182 e. The van der Waals surface area contributed by atoms with E-state index in [1.54, 1.807) is 41.1 Å². The van der Waals surface area contributed by atoms with Gasteiger partial charge in [-0.25, -0.2) is 0 Å². The van der Waals surface area contributed by atoms with Gasteiger partial charge < -0.3 is 4.57 Å². The standard InChI is InChI=1S/C14H13ClN2O/c1-10-6-7-17(14(16)8-10)9-13(18)11-2-4-12(15)5-3-11/h2-8,16H,9H2,1H3. The molecule has 0 aliphatic heterocycles. The Morgan fingerprint density at radius 3 is 2.56 bits per heavy atom. The average molecular weight is 261 g/mol. The minimum absolute atomic E-state index is 0.0333. The van der Waals surface area contributed by atoms with E-state index in [4.69, 9.17) is 17.0 Å². The summed E-state index contributed by atoms with van der Waals surface area (Å²) in [7, 11) is 0. The van der Waals surface area contributed by atoms with E-state index < -0.39 is 0 Å². The molecule has 0 aliphatic rings. The van der Waals surface area contributed by atoms with Gasteiger partial charge in [0.25, 0.3) is 0 Å². The average Bonchev–Trinajstić information content (AvgIpc) is 2.33. The van der Waals surface area contributed by atoms with Gasteiger partial charge in [-0.2, -0.15) is 0 Å². The predicted octanol–water partition coefficient (Wildman–Crippen LogP) is 2.81. The summed E-state index contributed by atoms with van der Waals surface area (Å²) < 4.78 is 1.62. The SMILES string of the molecule is Cc1ccn(CC(=O)c2ccc(Cl)cc2)c(=N)c1. The number of nitrogens with one attached hydrogen (secondary N) is 1. The van der Waals surface area contributed by atoms with Crippen molar-refractivity contribution in [1.82, 2.24) is 4.57 Å². The highest BCUT2D eigenvalue weighted by Crippen LogP contribution is 2.10. The molecule has 2 aromatic rings. The molecule has 0 fully saturated rings. The van der Waals surface area contributed by atoms with Gasteiger partial charge in [-0.1, -0.05) is 11.6 Å². The highest BCUT2D eigenvalue weighted by molar-refractivity contribution is 6.30. The fourth-order valence-electron chi connectivity index (χ4n) is 1.65. The molecular weight excluding hydrogens is 248 g/mol. The summed E-state index contributed by atoms with van der Waals surface area (Å²) in [6.07, 6.45) is 1.76. The summed E-state index contributed by atoms with van der Waals surface area (Å²) >= 11 is 5.77. The first-order valence-electron chi connectivity index (χ1n) is 5.57. The molecule has 0 saturated carbocycles. The number of ketones is 1. The first kappa shape index (κ1) is 12.6. The van der Waals surface area contributed by atoms with Crippen molar-refractivity contribution >= 4 is 17.4 Å². The largest absolute Gasteiger partial charge is 0.326 e. The Morgan fingerprint density at radius 2 is 1.94 bits per heavy atom. The monoisotopic (exact) mass is 260 g/mol. The molecule has 0 unspecified atom stereocenters. The lowest BCUT2D eigenvalue weighted by Crippen LogP contribution is -2.23. The minimum Gasteiger partial charge on any atom is -0.326 e. The lowest BCUT2D eigenvalue weighted by Gasteiger charge is -2.06. The third kappa shape index (κ3) is 2.87. The fourth-order valence-corrected chi connectivity index (χ4v) is 1.78. The van der Waals surface area contributed by atoms with E-state index in [1.807, 2.05) is 13.0 Å². The van der Waals surface area contributed by atoms with E-state index in [-0.39, 0.29) is 12.3 Å². The van der Waals surface area contributed by atoms with Crippen LogP contribution in [0.1, 0.15) is 15.9 Å². The normalized spacial score (nSPS) is 10.3. The van der Waals surface area contributed by atoms with Crippen molar-refractivity contribution in [2.24, 2.45) is 0 Å². The summed E-state index contributed by atoms with van der Waals surface area (Å²) in [5.74, 6) is -0.0333. The number of aromatic nitrogens is 1. The zero-order valence-corrected chi connectivity index (χ0v) is 10.7. The number of hydrogen-bond acceptors (Lipinski definition) is 2. The third-order valence-corrected chi connectivity index (χ3v) is 2.92. The minimum atomic E-state index is -0.0333. The molecule has 92 valence electrons. The summed E-state index contributed by atoms with van der Waals surface area (Å²) in [4.78, 5) is 12.0. The van der Waals surface area contributed by atoms with Crippen LogP contribution in [0.5, 0.6) is 0 Å². The number of hydrogen-bond donors (Lipinski definition) is 1. The Balaban J connectivity index is 2.21. The highest BCUT2D eigenvalue weighted by Gasteiger charge is 2.06. The predicted molar refractivity (Wildman–Crippen MR) is 70.8 cm³/mol. The van der Waals surface area contributed by atoms with E-state index in [9.17, 15) is 4.79 Å². The van der Waals surface area contributed by atoms with Crippen molar-refractivity contribution in [3.63, 3.8) is 0 Å². The molecule has 4 heteroatoms. The zero-order valence-electron chi connectivity index (χ0n) is 9.98. The Kier molecular flexibility index (Phi) is 3.63. The maximum Gasteiger partial charge on any atom is 0.182 e. The summed E-state index contributed by atoms with van der Waals surface area (Å²) in [6, 6.07) is 10.4. The van der Waals surface area contributed by atoms with Gasteiger partial charge in [-0.05, 0) is 48.9 Å². The maximum absolute atomic E-state index is 12.0. The molecule has 0 aliphatic carbocycles. The van der Waals surface area contributed by atoms with Crippen molar-refractivity contribution in [3.8, 4) is 0 Å². The fraction of sp³-hybridized carbons (Fsp3) is 0.143. The molecule has 0 radical (unpaired) electrons. The highest BCUT2D eigenvalue weighted by atomic mass is 35.5. The van der Waals surface area contributed by atoms with E-state index >= 15 is 0 Å². The number of rotatable bonds is 3. The molecule has 18 heavy (non-hydrogen) atoms. The van der Waals surface area contributed by atoms with Crippen molar-refractivity contribution in [2.75, 3.05) is 0 Å². The molecule has 2 rings (SSSR count). The van der Waals surface area contributed by atoms with Gasteiger partial charge in [0.2, 0.25) is 0 Å². The van der Waals surface area contributed by atoms with Crippen LogP contribution in [0.3, 0.4) is 0 Å². The van der Waals surface area contributed by atoms with E-state index in [2.05, 4.69) is 0 Å². The van der Waals surface area contributed by atoms with Crippen LogP contribution in [0.4, 0.5) is 0 Å². The van der Waals surface area contributed by atoms with Crippen LogP contribution in [0, 0.1) is 12.3 Å². The second-order valence-electron chi connectivity index (χ2n) is 4.15. The second kappa shape index (κ2) is 5.19. The van der Waals surface area contributed by atoms with Crippen LogP contribution in [-0.2, 0) is 6.54 Å². The lowest BCUT2D eigenvalue weighted by atomic mass is 10.1. The number of carbonyl (C=O) groups is 1. The molecule has 0 spiro atoms. The number of pyridine rings is 1. The van der Waals surface area contributed by atoms with Gasteiger partial charge in [0.15, 0.2) is 5.78 Å². The van der Waals surface area contributed by atoms with E-state index in [0.717, 1.165) is 5.56 Å².